The minimum absolute atomic E-state index is 0.0532. The minimum atomic E-state index is -0.119. The van der Waals surface area contributed by atoms with Gasteiger partial charge in [0.05, 0.1) is 17.9 Å². The highest BCUT2D eigenvalue weighted by Crippen LogP contribution is 2.37. The van der Waals surface area contributed by atoms with Gasteiger partial charge in [-0.2, -0.15) is 0 Å². The minimum Gasteiger partial charge on any atom is -0.339 e. The summed E-state index contributed by atoms with van der Waals surface area (Å²) >= 11 is 0. The summed E-state index contributed by atoms with van der Waals surface area (Å²) in [5.74, 6) is -0.0661. The fourth-order valence-corrected chi connectivity index (χ4v) is 3.23. The Morgan fingerprint density at radius 3 is 2.52 bits per heavy atom. The Morgan fingerprint density at radius 1 is 1.08 bits per heavy atom. The standard InChI is InChI=1S/C20H23N3O2/c1-3-21-13-20(25)23-18-7-5-4-6-15(18)8-9-16-10-11-17(12-19(16)23)22-14(2)24/h4-7,10-12,21H,3,8-9,13H2,1-2H3,(H,22,24)/p+1. The second kappa shape index (κ2) is 7.49. The van der Waals surface area contributed by atoms with Crippen LogP contribution in [0.2, 0.25) is 0 Å². The van der Waals surface area contributed by atoms with Crippen LogP contribution >= 0.6 is 0 Å². The van der Waals surface area contributed by atoms with Crippen LogP contribution in [0.5, 0.6) is 0 Å². The average Bonchev–Trinajstić information content (AvgIpc) is 2.75. The van der Waals surface area contributed by atoms with Gasteiger partial charge in [-0.1, -0.05) is 24.3 Å². The molecule has 2 amide bonds. The number of hydrogen-bond donors (Lipinski definition) is 2. The van der Waals surface area contributed by atoms with Crippen molar-refractivity contribution >= 4 is 28.9 Å². The average molecular weight is 338 g/mol. The number of quaternary nitrogens is 1. The van der Waals surface area contributed by atoms with Crippen LogP contribution in [0.15, 0.2) is 42.5 Å². The zero-order valence-corrected chi connectivity index (χ0v) is 14.7. The lowest BCUT2D eigenvalue weighted by Gasteiger charge is -2.25. The zero-order valence-electron chi connectivity index (χ0n) is 14.7. The predicted molar refractivity (Wildman–Crippen MR) is 99.1 cm³/mol. The van der Waals surface area contributed by atoms with Crippen LogP contribution < -0.4 is 15.5 Å². The Kier molecular flexibility index (Phi) is 5.14. The highest BCUT2D eigenvalue weighted by molar-refractivity contribution is 6.03. The fourth-order valence-electron chi connectivity index (χ4n) is 3.23. The molecule has 2 aromatic carbocycles. The number of nitrogens with zero attached hydrogens (tertiary/aromatic N) is 1. The van der Waals surface area contributed by atoms with Gasteiger partial charge in [-0.15, -0.1) is 0 Å². The van der Waals surface area contributed by atoms with Crippen molar-refractivity contribution in [1.29, 1.82) is 0 Å². The van der Waals surface area contributed by atoms with E-state index in [-0.39, 0.29) is 11.8 Å². The van der Waals surface area contributed by atoms with Crippen LogP contribution in [0.3, 0.4) is 0 Å². The summed E-state index contributed by atoms with van der Waals surface area (Å²) in [5.41, 5.74) is 4.81. The summed E-state index contributed by atoms with van der Waals surface area (Å²) < 4.78 is 0. The van der Waals surface area contributed by atoms with Crippen LogP contribution in [-0.2, 0) is 22.4 Å². The van der Waals surface area contributed by atoms with Gasteiger partial charge in [-0.05, 0) is 49.1 Å². The molecule has 0 saturated carbocycles. The van der Waals surface area contributed by atoms with E-state index in [2.05, 4.69) is 11.4 Å². The third-order valence-corrected chi connectivity index (χ3v) is 4.40. The molecule has 1 heterocycles. The number of fused-ring (bicyclic) bond motifs is 2. The number of likely N-dealkylation sites (N-methyl/N-ethyl adjacent to an activating group) is 1. The summed E-state index contributed by atoms with van der Waals surface area (Å²) in [7, 11) is 0. The van der Waals surface area contributed by atoms with Gasteiger partial charge in [0.25, 0.3) is 5.91 Å². The molecule has 0 fully saturated rings. The summed E-state index contributed by atoms with van der Waals surface area (Å²) in [6.07, 6.45) is 1.76. The first-order valence-corrected chi connectivity index (χ1v) is 8.73. The number of benzene rings is 2. The Labute approximate surface area is 148 Å². The van der Waals surface area contributed by atoms with E-state index in [1.807, 2.05) is 53.5 Å². The Bertz CT molecular complexity index is 801. The molecule has 0 radical (unpaired) electrons. The summed E-state index contributed by atoms with van der Waals surface area (Å²) in [6.45, 7) is 4.78. The van der Waals surface area contributed by atoms with Gasteiger partial charge in [0.15, 0.2) is 6.54 Å². The second-order valence-corrected chi connectivity index (χ2v) is 6.28. The topological polar surface area (TPSA) is 66.0 Å². The van der Waals surface area contributed by atoms with Crippen LogP contribution in [0.25, 0.3) is 0 Å². The molecule has 0 unspecified atom stereocenters. The van der Waals surface area contributed by atoms with E-state index in [9.17, 15) is 9.59 Å². The van der Waals surface area contributed by atoms with Crippen molar-refractivity contribution in [2.24, 2.45) is 0 Å². The van der Waals surface area contributed by atoms with Gasteiger partial charge in [0, 0.05) is 12.6 Å². The number of nitrogens with two attached hydrogens (primary N) is 1. The molecule has 0 atom stereocenters. The molecule has 5 nitrogen and oxygen atoms in total. The van der Waals surface area contributed by atoms with Gasteiger partial charge >= 0.3 is 0 Å². The van der Waals surface area contributed by atoms with Gasteiger partial charge in [0.1, 0.15) is 0 Å². The van der Waals surface area contributed by atoms with E-state index in [4.69, 9.17) is 0 Å². The third-order valence-electron chi connectivity index (χ3n) is 4.40. The second-order valence-electron chi connectivity index (χ2n) is 6.28. The molecule has 3 rings (SSSR count). The molecule has 1 aliphatic rings. The van der Waals surface area contributed by atoms with Crippen molar-refractivity contribution in [3.8, 4) is 0 Å². The smallest absolute Gasteiger partial charge is 0.286 e. The third kappa shape index (κ3) is 3.72. The van der Waals surface area contributed by atoms with Crippen molar-refractivity contribution in [3.63, 3.8) is 0 Å². The number of amides is 2. The number of carbonyl (C=O) groups is 2. The largest absolute Gasteiger partial charge is 0.339 e. The lowest BCUT2D eigenvalue weighted by molar-refractivity contribution is -0.640. The van der Waals surface area contributed by atoms with Crippen LogP contribution in [-0.4, -0.2) is 24.9 Å². The number of nitrogens with one attached hydrogen (secondary N) is 1. The molecule has 0 spiro atoms. The van der Waals surface area contributed by atoms with E-state index in [0.717, 1.165) is 36.3 Å². The van der Waals surface area contributed by atoms with Gasteiger partial charge in [-0.25, -0.2) is 0 Å². The maximum Gasteiger partial charge on any atom is 0.286 e. The maximum absolute atomic E-state index is 13.0. The van der Waals surface area contributed by atoms with Gasteiger partial charge < -0.3 is 10.6 Å². The van der Waals surface area contributed by atoms with Crippen LogP contribution in [0.4, 0.5) is 17.1 Å². The molecule has 3 N–H and O–H groups in total. The van der Waals surface area contributed by atoms with Crippen molar-refractivity contribution in [2.45, 2.75) is 26.7 Å². The predicted octanol–water partition coefficient (Wildman–Crippen LogP) is 1.99. The molecule has 0 aromatic heterocycles. The SMILES string of the molecule is CC[NH2+]CC(=O)N1c2ccccc2CCc2ccc(NC(C)=O)cc21. The molecule has 1 aliphatic heterocycles. The molecule has 25 heavy (non-hydrogen) atoms. The number of para-hydroxylation sites is 1. The Balaban J connectivity index is 2.09. The first-order chi connectivity index (χ1) is 12.1. The molecule has 0 aliphatic carbocycles. The van der Waals surface area contributed by atoms with Crippen molar-refractivity contribution in [2.75, 3.05) is 23.3 Å². The first-order valence-electron chi connectivity index (χ1n) is 8.73. The quantitative estimate of drug-likeness (QED) is 0.895. The Morgan fingerprint density at radius 2 is 1.80 bits per heavy atom. The molecule has 130 valence electrons. The van der Waals surface area contributed by atoms with Crippen molar-refractivity contribution in [1.82, 2.24) is 0 Å². The van der Waals surface area contributed by atoms with E-state index in [1.165, 1.54) is 12.5 Å². The lowest BCUT2D eigenvalue weighted by Crippen LogP contribution is -2.86. The molecule has 2 aromatic rings. The molecule has 0 saturated heterocycles. The van der Waals surface area contributed by atoms with Gasteiger partial charge in [0.2, 0.25) is 5.91 Å². The summed E-state index contributed by atoms with van der Waals surface area (Å²) in [5, 5.41) is 4.81. The number of hydrogen-bond acceptors (Lipinski definition) is 2. The molecular weight excluding hydrogens is 314 g/mol. The normalized spacial score (nSPS) is 12.8. The number of carbonyl (C=O) groups excluding carboxylic acids is 2. The lowest BCUT2D eigenvalue weighted by atomic mass is 10.0. The van der Waals surface area contributed by atoms with Crippen LogP contribution in [0.1, 0.15) is 25.0 Å². The van der Waals surface area contributed by atoms with E-state index < -0.39 is 0 Å². The molecule has 5 heteroatoms. The van der Waals surface area contributed by atoms with E-state index >= 15 is 0 Å². The maximum atomic E-state index is 13.0. The zero-order chi connectivity index (χ0) is 17.8. The summed E-state index contributed by atoms with van der Waals surface area (Å²) in [6, 6.07) is 13.9. The first kappa shape index (κ1) is 17.2. The van der Waals surface area contributed by atoms with E-state index in [1.54, 1.807) is 0 Å². The number of anilines is 3. The number of rotatable bonds is 4. The van der Waals surface area contributed by atoms with Crippen molar-refractivity contribution in [3.05, 3.63) is 53.6 Å². The van der Waals surface area contributed by atoms with Crippen LogP contribution in [0, 0.1) is 0 Å². The number of aryl methyl sites for hydroxylation is 2. The molecule has 0 bridgehead atoms. The highest BCUT2D eigenvalue weighted by atomic mass is 16.2. The fraction of sp³-hybridized carbons (Fsp3) is 0.300. The highest BCUT2D eigenvalue weighted by Gasteiger charge is 2.26. The Hall–Kier alpha value is -2.66. The molecular formula is C20H24N3O2+. The summed E-state index contributed by atoms with van der Waals surface area (Å²) in [4.78, 5) is 26.2. The van der Waals surface area contributed by atoms with E-state index in [0.29, 0.717) is 12.2 Å². The van der Waals surface area contributed by atoms with Gasteiger partial charge in [-0.3, -0.25) is 14.5 Å². The van der Waals surface area contributed by atoms with Crippen molar-refractivity contribution < 1.29 is 14.9 Å². The monoisotopic (exact) mass is 338 g/mol.